The van der Waals surface area contributed by atoms with Crippen molar-refractivity contribution < 1.29 is 10.2 Å². The first-order chi connectivity index (χ1) is 13.8. The molecule has 0 aromatic carbocycles. The van der Waals surface area contributed by atoms with Crippen LogP contribution in [-0.2, 0) is 0 Å². The van der Waals surface area contributed by atoms with Gasteiger partial charge in [0.2, 0.25) is 0 Å². The second kappa shape index (κ2) is 8.30. The molecule has 29 heavy (non-hydrogen) atoms. The lowest BCUT2D eigenvalue weighted by atomic mass is 9.47. The molecule has 2 heteroatoms. The summed E-state index contributed by atoms with van der Waals surface area (Å²) < 4.78 is 0. The van der Waals surface area contributed by atoms with E-state index in [9.17, 15) is 10.2 Å². The molecule has 0 spiro atoms. The average molecular weight is 403 g/mol. The summed E-state index contributed by atoms with van der Waals surface area (Å²) in [5, 5.41) is 19.5. The fourth-order valence-electron chi connectivity index (χ4n) is 8.70. The first-order valence-electron chi connectivity index (χ1n) is 12.8. The van der Waals surface area contributed by atoms with Gasteiger partial charge in [-0.25, -0.2) is 0 Å². The van der Waals surface area contributed by atoms with Crippen molar-refractivity contribution in [2.75, 3.05) is 6.61 Å². The number of hydrogen-bond donors (Lipinski definition) is 2. The predicted octanol–water partition coefficient (Wildman–Crippen LogP) is 6.36. The molecule has 0 aromatic heterocycles. The van der Waals surface area contributed by atoms with Crippen LogP contribution in [0.3, 0.4) is 0 Å². The molecule has 2 N–H and O–H groups in total. The molecule has 0 heterocycles. The Labute approximate surface area is 179 Å². The zero-order chi connectivity index (χ0) is 20.8. The van der Waals surface area contributed by atoms with Crippen molar-refractivity contribution in [3.63, 3.8) is 0 Å². The molecule has 9 atom stereocenters. The van der Waals surface area contributed by atoms with Gasteiger partial charge in [0.05, 0.1) is 6.10 Å². The quantitative estimate of drug-likeness (QED) is 0.507. The average Bonchev–Trinajstić information content (AvgIpc) is 3.05. The Kier molecular flexibility index (Phi) is 6.26. The van der Waals surface area contributed by atoms with Gasteiger partial charge in [0.1, 0.15) is 0 Å². The summed E-state index contributed by atoms with van der Waals surface area (Å²) in [6.07, 6.45) is 16.4. The van der Waals surface area contributed by atoms with Gasteiger partial charge < -0.3 is 10.2 Å². The number of aliphatic hydroxyl groups is 2. The van der Waals surface area contributed by atoms with Gasteiger partial charge in [0, 0.05) is 6.61 Å². The SMILES string of the molecule is CC(CO)CCCC(C)C1CCC2C3CC=C4CC(O)CC[C@]4(C)C3CC[C@]12C. The Bertz CT molecular complexity index is 612. The molecular weight excluding hydrogens is 356 g/mol. The van der Waals surface area contributed by atoms with E-state index in [0.717, 1.165) is 42.4 Å². The van der Waals surface area contributed by atoms with Crippen molar-refractivity contribution in [1.82, 2.24) is 0 Å². The van der Waals surface area contributed by atoms with E-state index >= 15 is 0 Å². The van der Waals surface area contributed by atoms with Crippen molar-refractivity contribution in [2.45, 2.75) is 104 Å². The van der Waals surface area contributed by atoms with E-state index in [1.54, 1.807) is 5.57 Å². The van der Waals surface area contributed by atoms with Gasteiger partial charge in [-0.2, -0.15) is 0 Å². The highest BCUT2D eigenvalue weighted by Crippen LogP contribution is 2.67. The summed E-state index contributed by atoms with van der Waals surface area (Å²) in [7, 11) is 0. The van der Waals surface area contributed by atoms with E-state index in [4.69, 9.17) is 0 Å². The smallest absolute Gasteiger partial charge is 0.0577 e. The molecule has 0 aromatic rings. The monoisotopic (exact) mass is 402 g/mol. The van der Waals surface area contributed by atoms with Crippen molar-refractivity contribution in [1.29, 1.82) is 0 Å². The zero-order valence-corrected chi connectivity index (χ0v) is 19.5. The fourth-order valence-corrected chi connectivity index (χ4v) is 8.70. The van der Waals surface area contributed by atoms with Gasteiger partial charge in [0.25, 0.3) is 0 Å². The first-order valence-corrected chi connectivity index (χ1v) is 12.8. The van der Waals surface area contributed by atoms with Crippen LogP contribution in [0, 0.1) is 46.3 Å². The Balaban J connectivity index is 1.46. The second-order valence-electron chi connectivity index (χ2n) is 12.1. The fraction of sp³-hybridized carbons (Fsp3) is 0.926. The predicted molar refractivity (Wildman–Crippen MR) is 120 cm³/mol. The van der Waals surface area contributed by atoms with Crippen LogP contribution in [-0.4, -0.2) is 22.9 Å². The molecule has 3 saturated carbocycles. The number of allylic oxidation sites excluding steroid dienone is 1. The molecule has 4 rings (SSSR count). The lowest BCUT2D eigenvalue weighted by Crippen LogP contribution is -2.50. The van der Waals surface area contributed by atoms with Gasteiger partial charge in [-0.15, -0.1) is 0 Å². The zero-order valence-electron chi connectivity index (χ0n) is 19.5. The van der Waals surface area contributed by atoms with Crippen molar-refractivity contribution in [2.24, 2.45) is 46.3 Å². The molecule has 0 aliphatic heterocycles. The Hall–Kier alpha value is -0.340. The van der Waals surface area contributed by atoms with Crippen molar-refractivity contribution >= 4 is 0 Å². The lowest BCUT2D eigenvalue weighted by Gasteiger charge is -2.58. The molecule has 4 aliphatic rings. The van der Waals surface area contributed by atoms with Crippen LogP contribution in [0.5, 0.6) is 0 Å². The summed E-state index contributed by atoms with van der Waals surface area (Å²) >= 11 is 0. The number of fused-ring (bicyclic) bond motifs is 5. The van der Waals surface area contributed by atoms with Crippen LogP contribution >= 0.6 is 0 Å². The van der Waals surface area contributed by atoms with Crippen LogP contribution in [0.2, 0.25) is 0 Å². The number of hydrogen-bond acceptors (Lipinski definition) is 2. The standard InChI is InChI=1S/C27H46O2/c1-18(17-28)6-5-7-19(2)23-10-11-24-22-9-8-20-16-21(29)12-14-26(20,3)25(22)13-15-27(23,24)4/h8,18-19,21-25,28-29H,5-7,9-17H2,1-4H3/t18?,19?,21?,22?,23?,24?,25?,26-,27+/m0/s1. The maximum atomic E-state index is 10.2. The van der Waals surface area contributed by atoms with Gasteiger partial charge in [-0.1, -0.05) is 52.2 Å². The van der Waals surface area contributed by atoms with Gasteiger partial charge >= 0.3 is 0 Å². The van der Waals surface area contributed by atoms with Gasteiger partial charge in [-0.05, 0) is 104 Å². The molecule has 3 fully saturated rings. The minimum absolute atomic E-state index is 0.0926. The van der Waals surface area contributed by atoms with Crippen LogP contribution < -0.4 is 0 Å². The lowest BCUT2D eigenvalue weighted by molar-refractivity contribution is -0.0573. The molecular formula is C27H46O2. The number of aliphatic hydroxyl groups excluding tert-OH is 2. The Morgan fingerprint density at radius 2 is 1.83 bits per heavy atom. The largest absolute Gasteiger partial charge is 0.396 e. The topological polar surface area (TPSA) is 40.5 Å². The van der Waals surface area contributed by atoms with E-state index in [2.05, 4.69) is 33.8 Å². The Morgan fingerprint density at radius 3 is 2.59 bits per heavy atom. The third kappa shape index (κ3) is 3.75. The summed E-state index contributed by atoms with van der Waals surface area (Å²) in [5.74, 6) is 4.82. The molecule has 4 aliphatic carbocycles. The normalized spacial score (nSPS) is 46.3. The van der Waals surface area contributed by atoms with Crippen LogP contribution in [0.25, 0.3) is 0 Å². The molecule has 0 amide bonds. The van der Waals surface area contributed by atoms with E-state index in [0.29, 0.717) is 23.4 Å². The summed E-state index contributed by atoms with van der Waals surface area (Å²) in [6.45, 7) is 10.2. The highest BCUT2D eigenvalue weighted by atomic mass is 16.3. The molecule has 0 saturated heterocycles. The maximum Gasteiger partial charge on any atom is 0.0577 e. The highest BCUT2D eigenvalue weighted by molar-refractivity contribution is 5.25. The van der Waals surface area contributed by atoms with Crippen molar-refractivity contribution in [3.8, 4) is 0 Å². The number of rotatable bonds is 6. The van der Waals surface area contributed by atoms with Crippen molar-refractivity contribution in [3.05, 3.63) is 11.6 Å². The third-order valence-corrected chi connectivity index (χ3v) is 10.5. The van der Waals surface area contributed by atoms with Crippen LogP contribution in [0.1, 0.15) is 98.3 Å². The molecule has 0 radical (unpaired) electrons. The van der Waals surface area contributed by atoms with E-state index < -0.39 is 0 Å². The second-order valence-corrected chi connectivity index (χ2v) is 12.1. The minimum atomic E-state index is -0.0926. The molecule has 166 valence electrons. The van der Waals surface area contributed by atoms with Crippen LogP contribution in [0.15, 0.2) is 11.6 Å². The molecule has 0 bridgehead atoms. The summed E-state index contributed by atoms with van der Waals surface area (Å²) in [5.41, 5.74) is 2.51. The molecule has 7 unspecified atom stereocenters. The summed E-state index contributed by atoms with van der Waals surface area (Å²) in [6, 6.07) is 0. The maximum absolute atomic E-state index is 10.2. The van der Waals surface area contributed by atoms with Gasteiger partial charge in [-0.3, -0.25) is 0 Å². The minimum Gasteiger partial charge on any atom is -0.396 e. The van der Waals surface area contributed by atoms with E-state index in [1.807, 2.05) is 0 Å². The molecule has 2 nitrogen and oxygen atoms in total. The van der Waals surface area contributed by atoms with E-state index in [-0.39, 0.29) is 6.10 Å². The summed E-state index contributed by atoms with van der Waals surface area (Å²) in [4.78, 5) is 0. The first kappa shape index (κ1) is 21.9. The van der Waals surface area contributed by atoms with E-state index in [1.165, 1.54) is 57.8 Å². The van der Waals surface area contributed by atoms with Gasteiger partial charge in [0.15, 0.2) is 0 Å². The highest BCUT2D eigenvalue weighted by Gasteiger charge is 2.59. The third-order valence-electron chi connectivity index (χ3n) is 10.5. The Morgan fingerprint density at radius 1 is 1.03 bits per heavy atom. The van der Waals surface area contributed by atoms with Crippen LogP contribution in [0.4, 0.5) is 0 Å².